The molecule has 1 aliphatic rings. The largest absolute Gasteiger partial charge is 0.352 e. The average Bonchev–Trinajstić information content (AvgIpc) is 3.06. The molecule has 4 rings (SSSR count). The third kappa shape index (κ3) is 3.85. The summed E-state index contributed by atoms with van der Waals surface area (Å²) in [5.41, 5.74) is 4.98. The summed E-state index contributed by atoms with van der Waals surface area (Å²) in [5, 5.41) is 13.2. The lowest BCUT2D eigenvalue weighted by molar-refractivity contribution is 0.0745. The van der Waals surface area contributed by atoms with Crippen molar-refractivity contribution in [2.75, 3.05) is 31.1 Å². The van der Waals surface area contributed by atoms with Gasteiger partial charge in [0.05, 0.1) is 5.69 Å². The van der Waals surface area contributed by atoms with E-state index in [9.17, 15) is 4.79 Å². The Balaban J connectivity index is 1.42. The van der Waals surface area contributed by atoms with Crippen molar-refractivity contribution >= 4 is 11.7 Å². The number of nitrogens with zero attached hydrogens (tertiary/aromatic N) is 6. The molecule has 0 radical (unpaired) electrons. The minimum atomic E-state index is 0.105. The third-order valence-corrected chi connectivity index (χ3v) is 5.37. The Kier molecular flexibility index (Phi) is 5.05. The van der Waals surface area contributed by atoms with Crippen LogP contribution in [0.1, 0.15) is 32.9 Å². The van der Waals surface area contributed by atoms with Gasteiger partial charge in [-0.25, -0.2) is 4.68 Å². The number of benzene rings is 1. The Hall–Kier alpha value is -3.22. The summed E-state index contributed by atoms with van der Waals surface area (Å²) in [6.07, 6.45) is 0. The summed E-state index contributed by atoms with van der Waals surface area (Å²) >= 11 is 0. The van der Waals surface area contributed by atoms with Gasteiger partial charge in [0, 0.05) is 37.4 Å². The number of anilines is 1. The average molecular weight is 390 g/mol. The van der Waals surface area contributed by atoms with Gasteiger partial charge in [-0.15, -0.1) is 10.2 Å². The smallest absolute Gasteiger partial charge is 0.254 e. The molecule has 7 nitrogen and oxygen atoms in total. The second kappa shape index (κ2) is 7.66. The first kappa shape index (κ1) is 19.1. The second-order valence-corrected chi connectivity index (χ2v) is 7.69. The first-order valence-electron chi connectivity index (χ1n) is 9.91. The van der Waals surface area contributed by atoms with E-state index >= 15 is 0 Å². The van der Waals surface area contributed by atoms with E-state index in [-0.39, 0.29) is 5.91 Å². The molecule has 1 amide bonds. The zero-order valence-electron chi connectivity index (χ0n) is 17.4. The molecular formula is C22H26N6O. The van der Waals surface area contributed by atoms with Crippen LogP contribution < -0.4 is 4.90 Å². The van der Waals surface area contributed by atoms with Gasteiger partial charge in [0.15, 0.2) is 11.6 Å². The highest BCUT2D eigenvalue weighted by Crippen LogP contribution is 2.18. The number of aromatic nitrogens is 4. The maximum Gasteiger partial charge on any atom is 0.254 e. The highest BCUT2D eigenvalue weighted by atomic mass is 16.2. The summed E-state index contributed by atoms with van der Waals surface area (Å²) in [7, 11) is 0. The highest BCUT2D eigenvalue weighted by molar-refractivity contribution is 5.95. The molecule has 0 N–H and O–H groups in total. The summed E-state index contributed by atoms with van der Waals surface area (Å²) in [4.78, 5) is 17.0. The van der Waals surface area contributed by atoms with Crippen LogP contribution in [-0.2, 0) is 0 Å². The van der Waals surface area contributed by atoms with Gasteiger partial charge in [-0.05, 0) is 57.5 Å². The molecule has 0 aliphatic carbocycles. The fourth-order valence-electron chi connectivity index (χ4n) is 3.82. The van der Waals surface area contributed by atoms with Gasteiger partial charge < -0.3 is 9.80 Å². The van der Waals surface area contributed by atoms with Gasteiger partial charge in [-0.3, -0.25) is 4.79 Å². The van der Waals surface area contributed by atoms with Crippen molar-refractivity contribution in [3.8, 4) is 5.82 Å². The highest BCUT2D eigenvalue weighted by Gasteiger charge is 2.24. The van der Waals surface area contributed by atoms with Crippen molar-refractivity contribution in [2.45, 2.75) is 27.7 Å². The van der Waals surface area contributed by atoms with Crippen molar-refractivity contribution < 1.29 is 4.79 Å². The van der Waals surface area contributed by atoms with Gasteiger partial charge in [0.25, 0.3) is 5.91 Å². The molecule has 0 spiro atoms. The Morgan fingerprint density at radius 3 is 2.14 bits per heavy atom. The topological polar surface area (TPSA) is 67.2 Å². The lowest BCUT2D eigenvalue weighted by Crippen LogP contribution is -2.49. The molecule has 0 atom stereocenters. The maximum atomic E-state index is 12.9. The van der Waals surface area contributed by atoms with Crippen LogP contribution in [0.25, 0.3) is 5.82 Å². The van der Waals surface area contributed by atoms with Crippen LogP contribution in [0.2, 0.25) is 0 Å². The molecule has 7 heteroatoms. The monoisotopic (exact) mass is 390 g/mol. The summed E-state index contributed by atoms with van der Waals surface area (Å²) in [5.74, 6) is 1.64. The molecule has 0 unspecified atom stereocenters. The van der Waals surface area contributed by atoms with Gasteiger partial charge in [-0.2, -0.15) is 5.10 Å². The number of hydrogen-bond acceptors (Lipinski definition) is 5. The van der Waals surface area contributed by atoms with E-state index in [2.05, 4.69) is 26.3 Å². The van der Waals surface area contributed by atoms with E-state index in [0.717, 1.165) is 41.4 Å². The summed E-state index contributed by atoms with van der Waals surface area (Å²) in [6, 6.07) is 11.9. The molecular weight excluding hydrogens is 364 g/mol. The number of hydrogen-bond donors (Lipinski definition) is 0. The standard InChI is InChI=1S/C22H26N6O/c1-15-5-6-19(16(2)13-15)22(29)27-11-9-26(10-12-27)20-7-8-21(24-23-20)28-18(4)14-17(3)25-28/h5-8,13-14H,9-12H2,1-4H3. The minimum absolute atomic E-state index is 0.105. The van der Waals surface area contributed by atoms with Crippen LogP contribution in [0, 0.1) is 27.7 Å². The molecule has 2 aromatic heterocycles. The molecule has 3 heterocycles. The van der Waals surface area contributed by atoms with Crippen LogP contribution in [0.3, 0.4) is 0 Å². The molecule has 1 aliphatic heterocycles. The SMILES string of the molecule is Cc1ccc(C(=O)N2CCN(c3ccc(-n4nc(C)cc4C)nn3)CC2)c(C)c1. The van der Waals surface area contributed by atoms with Crippen LogP contribution in [0.15, 0.2) is 36.4 Å². The van der Waals surface area contributed by atoms with Crippen molar-refractivity contribution in [3.05, 3.63) is 64.5 Å². The fourth-order valence-corrected chi connectivity index (χ4v) is 3.82. The Bertz CT molecular complexity index is 1030. The van der Waals surface area contributed by atoms with Crippen LogP contribution >= 0.6 is 0 Å². The van der Waals surface area contributed by atoms with Crippen molar-refractivity contribution in [3.63, 3.8) is 0 Å². The molecule has 0 bridgehead atoms. The quantitative estimate of drug-likeness (QED) is 0.688. The van der Waals surface area contributed by atoms with Crippen LogP contribution in [0.4, 0.5) is 5.82 Å². The fraction of sp³-hybridized carbons (Fsp3) is 0.364. The van der Waals surface area contributed by atoms with Crippen molar-refractivity contribution in [1.29, 1.82) is 0 Å². The number of piperazine rings is 1. The minimum Gasteiger partial charge on any atom is -0.352 e. The molecule has 150 valence electrons. The van der Waals surface area contributed by atoms with E-state index in [1.807, 2.05) is 62.9 Å². The predicted octanol–water partition coefficient (Wildman–Crippen LogP) is 2.86. The molecule has 0 saturated carbocycles. The lowest BCUT2D eigenvalue weighted by Gasteiger charge is -2.35. The Morgan fingerprint density at radius 1 is 0.862 bits per heavy atom. The molecule has 1 aromatic carbocycles. The first-order chi connectivity index (χ1) is 13.9. The zero-order valence-corrected chi connectivity index (χ0v) is 17.4. The first-order valence-corrected chi connectivity index (χ1v) is 9.91. The maximum absolute atomic E-state index is 12.9. The van der Waals surface area contributed by atoms with E-state index < -0.39 is 0 Å². The van der Waals surface area contributed by atoms with Crippen molar-refractivity contribution in [2.24, 2.45) is 0 Å². The zero-order chi connectivity index (χ0) is 20.5. The number of carbonyl (C=O) groups excluding carboxylic acids is 1. The van der Waals surface area contributed by atoms with Crippen molar-refractivity contribution in [1.82, 2.24) is 24.9 Å². The molecule has 29 heavy (non-hydrogen) atoms. The van der Waals surface area contributed by atoms with E-state index in [4.69, 9.17) is 0 Å². The summed E-state index contributed by atoms with van der Waals surface area (Å²) in [6.45, 7) is 10.8. The normalized spacial score (nSPS) is 14.3. The van der Waals surface area contributed by atoms with E-state index in [1.54, 1.807) is 4.68 Å². The number of rotatable bonds is 3. The Morgan fingerprint density at radius 2 is 1.55 bits per heavy atom. The van der Waals surface area contributed by atoms with E-state index in [1.165, 1.54) is 5.56 Å². The van der Waals surface area contributed by atoms with Gasteiger partial charge in [0.1, 0.15) is 0 Å². The second-order valence-electron chi connectivity index (χ2n) is 7.69. The van der Waals surface area contributed by atoms with Gasteiger partial charge in [0.2, 0.25) is 0 Å². The Labute approximate surface area is 171 Å². The number of carbonyl (C=O) groups is 1. The molecule has 1 fully saturated rings. The predicted molar refractivity (Wildman–Crippen MR) is 113 cm³/mol. The lowest BCUT2D eigenvalue weighted by atomic mass is 10.0. The van der Waals surface area contributed by atoms with E-state index in [0.29, 0.717) is 18.9 Å². The van der Waals surface area contributed by atoms with Crippen LogP contribution in [-0.4, -0.2) is 57.0 Å². The number of aryl methyl sites for hydroxylation is 4. The molecule has 3 aromatic rings. The van der Waals surface area contributed by atoms with Gasteiger partial charge >= 0.3 is 0 Å². The number of amides is 1. The summed E-state index contributed by atoms with van der Waals surface area (Å²) < 4.78 is 1.80. The van der Waals surface area contributed by atoms with Crippen LogP contribution in [0.5, 0.6) is 0 Å². The van der Waals surface area contributed by atoms with Gasteiger partial charge in [-0.1, -0.05) is 17.7 Å². The molecule has 1 saturated heterocycles. The third-order valence-electron chi connectivity index (χ3n) is 5.37.